The summed E-state index contributed by atoms with van der Waals surface area (Å²) in [6, 6.07) is 0.371. The third-order valence-corrected chi connectivity index (χ3v) is 5.10. The van der Waals surface area contributed by atoms with E-state index in [0.29, 0.717) is 18.6 Å². The van der Waals surface area contributed by atoms with Crippen molar-refractivity contribution in [1.82, 2.24) is 10.2 Å². The summed E-state index contributed by atoms with van der Waals surface area (Å²) in [6.07, 6.45) is 7.21. The molecule has 0 amide bonds. The Morgan fingerprint density at radius 1 is 1.43 bits per heavy atom. The minimum atomic E-state index is -0.736. The number of likely N-dealkylation sites (tertiary alicyclic amines) is 1. The zero-order valence-corrected chi connectivity index (χ0v) is 13.4. The lowest BCUT2D eigenvalue weighted by atomic mass is 9.78. The summed E-state index contributed by atoms with van der Waals surface area (Å²) < 4.78 is 5.91. The second-order valence-electron chi connectivity index (χ2n) is 6.52. The lowest BCUT2D eigenvalue weighted by molar-refractivity contribution is -0.147. The van der Waals surface area contributed by atoms with Gasteiger partial charge >= 0.3 is 5.97 Å². The van der Waals surface area contributed by atoms with Crippen LogP contribution < -0.4 is 5.32 Å². The third-order valence-electron chi connectivity index (χ3n) is 5.10. The topological polar surface area (TPSA) is 61.8 Å². The first-order chi connectivity index (χ1) is 10.1. The van der Waals surface area contributed by atoms with Crippen LogP contribution in [-0.2, 0) is 9.53 Å². The van der Waals surface area contributed by atoms with Gasteiger partial charge in [-0.1, -0.05) is 6.92 Å². The number of hydrogen-bond donors (Lipinski definition) is 2. The summed E-state index contributed by atoms with van der Waals surface area (Å²) in [5, 5.41) is 12.6. The van der Waals surface area contributed by atoms with Crippen LogP contribution >= 0.6 is 0 Å². The summed E-state index contributed by atoms with van der Waals surface area (Å²) in [7, 11) is 1.78. The Labute approximate surface area is 128 Å². The number of aliphatic carboxylic acids is 1. The van der Waals surface area contributed by atoms with Gasteiger partial charge in [-0.15, -0.1) is 0 Å². The van der Waals surface area contributed by atoms with Crippen LogP contribution in [0.15, 0.2) is 0 Å². The van der Waals surface area contributed by atoms with Gasteiger partial charge in [0.2, 0.25) is 0 Å². The van der Waals surface area contributed by atoms with Crippen LogP contribution in [-0.4, -0.2) is 60.4 Å². The first kappa shape index (κ1) is 16.7. The molecule has 1 saturated heterocycles. The fraction of sp³-hybridized carbons (Fsp3) is 0.938. The van der Waals surface area contributed by atoms with Crippen molar-refractivity contribution in [1.29, 1.82) is 0 Å². The highest BCUT2D eigenvalue weighted by atomic mass is 16.5. The van der Waals surface area contributed by atoms with Gasteiger partial charge in [0, 0.05) is 19.2 Å². The van der Waals surface area contributed by atoms with E-state index in [-0.39, 0.29) is 0 Å². The van der Waals surface area contributed by atoms with Crippen LogP contribution in [0.1, 0.15) is 51.9 Å². The predicted octanol–water partition coefficient (Wildman–Crippen LogP) is 1.86. The number of ether oxygens (including phenoxy) is 1. The number of carboxylic acid groups (broad SMARTS) is 1. The van der Waals surface area contributed by atoms with E-state index in [0.717, 1.165) is 58.2 Å². The molecule has 1 aliphatic carbocycles. The van der Waals surface area contributed by atoms with Crippen LogP contribution in [0.4, 0.5) is 0 Å². The second kappa shape index (κ2) is 7.56. The minimum absolute atomic E-state index is 0.328. The lowest BCUT2D eigenvalue weighted by Crippen LogP contribution is -2.58. The van der Waals surface area contributed by atoms with Gasteiger partial charge in [0.15, 0.2) is 0 Å². The lowest BCUT2D eigenvalue weighted by Gasteiger charge is -2.45. The molecule has 0 aromatic rings. The van der Waals surface area contributed by atoms with Gasteiger partial charge in [-0.25, -0.2) is 0 Å². The van der Waals surface area contributed by atoms with E-state index >= 15 is 0 Å². The van der Waals surface area contributed by atoms with Crippen molar-refractivity contribution in [2.45, 2.75) is 69.6 Å². The normalized spacial score (nSPS) is 34.8. The maximum absolute atomic E-state index is 11.6. The molecule has 0 radical (unpaired) electrons. The molecule has 0 spiro atoms. The van der Waals surface area contributed by atoms with Crippen LogP contribution in [0.25, 0.3) is 0 Å². The second-order valence-corrected chi connectivity index (χ2v) is 6.52. The number of carbonyl (C=O) groups is 1. The molecule has 2 rings (SSSR count). The minimum Gasteiger partial charge on any atom is -0.480 e. The predicted molar refractivity (Wildman–Crippen MR) is 82.5 cm³/mol. The Morgan fingerprint density at radius 2 is 2.24 bits per heavy atom. The Bertz CT molecular complexity index is 350. The van der Waals surface area contributed by atoms with Crippen LogP contribution in [0.5, 0.6) is 0 Å². The number of piperidine rings is 1. The number of likely N-dealkylation sites (N-methyl/N-ethyl adjacent to an activating group) is 1. The Morgan fingerprint density at radius 3 is 2.90 bits per heavy atom. The van der Waals surface area contributed by atoms with Crippen molar-refractivity contribution < 1.29 is 14.6 Å². The van der Waals surface area contributed by atoms with Crippen molar-refractivity contribution in [2.75, 3.05) is 26.7 Å². The molecule has 1 heterocycles. The van der Waals surface area contributed by atoms with Crippen LogP contribution in [0.3, 0.4) is 0 Å². The molecule has 3 unspecified atom stereocenters. The Hall–Kier alpha value is -0.650. The molecule has 21 heavy (non-hydrogen) atoms. The van der Waals surface area contributed by atoms with Gasteiger partial charge < -0.3 is 15.2 Å². The van der Waals surface area contributed by atoms with Gasteiger partial charge in [-0.2, -0.15) is 0 Å². The molecule has 2 aliphatic rings. The van der Waals surface area contributed by atoms with Crippen molar-refractivity contribution in [3.63, 3.8) is 0 Å². The van der Waals surface area contributed by atoms with Gasteiger partial charge in [-0.3, -0.25) is 9.69 Å². The fourth-order valence-corrected chi connectivity index (χ4v) is 3.80. The number of hydrogen-bond acceptors (Lipinski definition) is 4. The van der Waals surface area contributed by atoms with Gasteiger partial charge in [0.25, 0.3) is 0 Å². The molecule has 0 aromatic carbocycles. The first-order valence-electron chi connectivity index (χ1n) is 8.39. The van der Waals surface area contributed by atoms with Gasteiger partial charge in [-0.05, 0) is 58.5 Å². The van der Waals surface area contributed by atoms with E-state index in [1.807, 2.05) is 0 Å². The zero-order chi connectivity index (χ0) is 15.3. The summed E-state index contributed by atoms with van der Waals surface area (Å²) in [6.45, 7) is 5.01. The number of nitrogens with zero attached hydrogens (tertiary/aromatic N) is 1. The van der Waals surface area contributed by atoms with Crippen LogP contribution in [0, 0.1) is 0 Å². The molecule has 1 saturated carbocycles. The van der Waals surface area contributed by atoms with E-state index in [1.54, 1.807) is 7.05 Å². The summed E-state index contributed by atoms with van der Waals surface area (Å²) in [5.74, 6) is -0.703. The number of nitrogens with one attached hydrogen (secondary N) is 1. The SMILES string of the molecule is CCCOC1CCCN(C2CCCC(NC)(C(=O)O)C2)C1. The number of carboxylic acids is 1. The smallest absolute Gasteiger partial charge is 0.323 e. The molecule has 0 bridgehead atoms. The van der Waals surface area contributed by atoms with Crippen molar-refractivity contribution >= 4 is 5.97 Å². The summed E-state index contributed by atoms with van der Waals surface area (Å²) >= 11 is 0. The standard InChI is InChI=1S/C16H30N2O3/c1-3-10-21-14-7-5-9-18(12-14)13-6-4-8-16(11-13,17-2)15(19)20/h13-14,17H,3-12H2,1-2H3,(H,19,20). The van der Waals surface area contributed by atoms with E-state index in [1.165, 1.54) is 0 Å². The first-order valence-corrected chi connectivity index (χ1v) is 8.39. The van der Waals surface area contributed by atoms with E-state index in [4.69, 9.17) is 4.74 Å². The van der Waals surface area contributed by atoms with Crippen molar-refractivity contribution in [3.8, 4) is 0 Å². The van der Waals surface area contributed by atoms with Gasteiger partial charge in [0.1, 0.15) is 5.54 Å². The van der Waals surface area contributed by atoms with Gasteiger partial charge in [0.05, 0.1) is 6.10 Å². The highest BCUT2D eigenvalue weighted by Crippen LogP contribution is 2.33. The molecule has 2 fully saturated rings. The molecule has 3 atom stereocenters. The molecule has 5 nitrogen and oxygen atoms in total. The largest absolute Gasteiger partial charge is 0.480 e. The van der Waals surface area contributed by atoms with Crippen LogP contribution in [0.2, 0.25) is 0 Å². The summed E-state index contributed by atoms with van der Waals surface area (Å²) in [5.41, 5.74) is -0.736. The molecular weight excluding hydrogens is 268 g/mol. The molecular formula is C16H30N2O3. The third kappa shape index (κ3) is 3.96. The summed E-state index contributed by atoms with van der Waals surface area (Å²) in [4.78, 5) is 14.1. The monoisotopic (exact) mass is 298 g/mol. The average Bonchev–Trinajstić information content (AvgIpc) is 2.53. The molecule has 122 valence electrons. The molecule has 1 aliphatic heterocycles. The fourth-order valence-electron chi connectivity index (χ4n) is 3.80. The van der Waals surface area contributed by atoms with E-state index in [9.17, 15) is 9.90 Å². The van der Waals surface area contributed by atoms with Crippen molar-refractivity contribution in [3.05, 3.63) is 0 Å². The molecule has 0 aromatic heterocycles. The zero-order valence-electron chi connectivity index (χ0n) is 13.4. The Kier molecular flexibility index (Phi) is 6.02. The Balaban J connectivity index is 1.95. The number of rotatable bonds is 6. The highest BCUT2D eigenvalue weighted by molar-refractivity contribution is 5.79. The average molecular weight is 298 g/mol. The molecule has 2 N–H and O–H groups in total. The molecule has 5 heteroatoms. The van der Waals surface area contributed by atoms with Crippen molar-refractivity contribution in [2.24, 2.45) is 0 Å². The van der Waals surface area contributed by atoms with E-state index < -0.39 is 11.5 Å². The maximum Gasteiger partial charge on any atom is 0.323 e. The maximum atomic E-state index is 11.6. The van der Waals surface area contributed by atoms with E-state index in [2.05, 4.69) is 17.1 Å². The highest BCUT2D eigenvalue weighted by Gasteiger charge is 2.43. The quantitative estimate of drug-likeness (QED) is 0.784.